The normalized spacial score (nSPS) is 10.4. The summed E-state index contributed by atoms with van der Waals surface area (Å²) in [5.41, 5.74) is 1.77. The third kappa shape index (κ3) is 4.29. The third-order valence-electron chi connectivity index (χ3n) is 2.24. The Kier molecular flexibility index (Phi) is 4.86. The van der Waals surface area contributed by atoms with Gasteiger partial charge in [0.2, 0.25) is 0 Å². The SMILES string of the molecule is CCOC(=O)Cc1csc(NCc2nc(C)cs2)n1. The van der Waals surface area contributed by atoms with Gasteiger partial charge >= 0.3 is 5.97 Å². The van der Waals surface area contributed by atoms with E-state index in [0.29, 0.717) is 13.2 Å². The van der Waals surface area contributed by atoms with E-state index in [1.165, 1.54) is 11.3 Å². The third-order valence-corrected chi connectivity index (χ3v) is 4.06. The van der Waals surface area contributed by atoms with Crippen LogP contribution >= 0.6 is 22.7 Å². The summed E-state index contributed by atoms with van der Waals surface area (Å²) in [4.78, 5) is 20.0. The van der Waals surface area contributed by atoms with Crippen molar-refractivity contribution in [2.24, 2.45) is 0 Å². The number of aromatic nitrogens is 2. The van der Waals surface area contributed by atoms with Gasteiger partial charge in [-0.25, -0.2) is 9.97 Å². The molecule has 0 unspecified atom stereocenters. The molecule has 0 bridgehead atoms. The Morgan fingerprint density at radius 3 is 2.89 bits per heavy atom. The van der Waals surface area contributed by atoms with Gasteiger partial charge in [0, 0.05) is 16.5 Å². The lowest BCUT2D eigenvalue weighted by molar-refractivity contribution is -0.142. The van der Waals surface area contributed by atoms with Crippen molar-refractivity contribution in [2.75, 3.05) is 11.9 Å². The average Bonchev–Trinajstić information content (AvgIpc) is 2.96. The Bertz CT molecular complexity index is 551. The van der Waals surface area contributed by atoms with Gasteiger partial charge in [0.05, 0.1) is 25.3 Å². The minimum Gasteiger partial charge on any atom is -0.466 e. The summed E-state index contributed by atoms with van der Waals surface area (Å²) in [7, 11) is 0. The van der Waals surface area contributed by atoms with E-state index < -0.39 is 0 Å². The van der Waals surface area contributed by atoms with E-state index >= 15 is 0 Å². The standard InChI is InChI=1S/C12H15N3O2S2/c1-3-17-11(16)4-9-7-19-12(15-9)13-5-10-14-8(2)6-18-10/h6-7H,3-5H2,1-2H3,(H,13,15). The second-order valence-electron chi connectivity index (χ2n) is 3.86. The molecular weight excluding hydrogens is 282 g/mol. The number of carbonyl (C=O) groups excluding carboxylic acids is 1. The van der Waals surface area contributed by atoms with Crippen LogP contribution in [-0.4, -0.2) is 22.5 Å². The van der Waals surface area contributed by atoms with Crippen LogP contribution < -0.4 is 5.32 Å². The maximum atomic E-state index is 11.3. The van der Waals surface area contributed by atoms with Gasteiger partial charge in [0.25, 0.3) is 0 Å². The number of esters is 1. The summed E-state index contributed by atoms with van der Waals surface area (Å²) in [5.74, 6) is -0.241. The molecule has 0 spiro atoms. The van der Waals surface area contributed by atoms with E-state index in [-0.39, 0.29) is 12.4 Å². The number of hydrogen-bond donors (Lipinski definition) is 1. The summed E-state index contributed by atoms with van der Waals surface area (Å²) in [6.45, 7) is 4.82. The highest BCUT2D eigenvalue weighted by Gasteiger charge is 2.08. The quantitative estimate of drug-likeness (QED) is 0.830. The zero-order valence-corrected chi connectivity index (χ0v) is 12.4. The zero-order valence-electron chi connectivity index (χ0n) is 10.8. The fourth-order valence-corrected chi connectivity index (χ4v) is 2.89. The van der Waals surface area contributed by atoms with Crippen molar-refractivity contribution in [3.8, 4) is 0 Å². The first-order valence-corrected chi connectivity index (χ1v) is 7.68. The van der Waals surface area contributed by atoms with Crippen LogP contribution in [-0.2, 0) is 22.5 Å². The number of aryl methyl sites for hydroxylation is 1. The minimum atomic E-state index is -0.241. The predicted octanol–water partition coefficient (Wildman–Crippen LogP) is 2.63. The molecule has 2 rings (SSSR count). The lowest BCUT2D eigenvalue weighted by Crippen LogP contribution is -2.07. The highest BCUT2D eigenvalue weighted by molar-refractivity contribution is 7.13. The second-order valence-corrected chi connectivity index (χ2v) is 5.66. The molecule has 0 aliphatic heterocycles. The lowest BCUT2D eigenvalue weighted by atomic mass is 10.3. The van der Waals surface area contributed by atoms with Crippen molar-refractivity contribution < 1.29 is 9.53 Å². The van der Waals surface area contributed by atoms with Crippen LogP contribution in [0.15, 0.2) is 10.8 Å². The van der Waals surface area contributed by atoms with E-state index in [4.69, 9.17) is 4.74 Å². The number of thiazole rings is 2. The Balaban J connectivity index is 1.85. The number of nitrogens with one attached hydrogen (secondary N) is 1. The molecule has 2 heterocycles. The highest BCUT2D eigenvalue weighted by atomic mass is 32.1. The van der Waals surface area contributed by atoms with Gasteiger partial charge in [-0.2, -0.15) is 0 Å². The summed E-state index contributed by atoms with van der Waals surface area (Å²) >= 11 is 3.10. The van der Waals surface area contributed by atoms with Gasteiger partial charge in [-0.3, -0.25) is 4.79 Å². The van der Waals surface area contributed by atoms with E-state index in [0.717, 1.165) is 21.5 Å². The van der Waals surface area contributed by atoms with Gasteiger partial charge in [-0.15, -0.1) is 22.7 Å². The zero-order chi connectivity index (χ0) is 13.7. The average molecular weight is 297 g/mol. The smallest absolute Gasteiger partial charge is 0.311 e. The first-order valence-electron chi connectivity index (χ1n) is 5.92. The summed E-state index contributed by atoms with van der Waals surface area (Å²) in [5, 5.41) is 8.92. The Morgan fingerprint density at radius 2 is 2.21 bits per heavy atom. The first kappa shape index (κ1) is 14.0. The van der Waals surface area contributed by atoms with Crippen LogP contribution in [0.3, 0.4) is 0 Å². The molecule has 7 heteroatoms. The molecule has 5 nitrogen and oxygen atoms in total. The Morgan fingerprint density at radius 1 is 1.37 bits per heavy atom. The first-order chi connectivity index (χ1) is 9.17. The molecule has 0 amide bonds. The van der Waals surface area contributed by atoms with Crippen molar-refractivity contribution in [2.45, 2.75) is 26.8 Å². The minimum absolute atomic E-state index is 0.225. The molecule has 0 saturated heterocycles. The van der Waals surface area contributed by atoms with Gasteiger partial charge in [-0.1, -0.05) is 0 Å². The largest absolute Gasteiger partial charge is 0.466 e. The summed E-state index contributed by atoms with van der Waals surface area (Å²) in [6.07, 6.45) is 0.225. The molecule has 2 aromatic heterocycles. The maximum Gasteiger partial charge on any atom is 0.311 e. The maximum absolute atomic E-state index is 11.3. The molecule has 102 valence electrons. The van der Waals surface area contributed by atoms with Gasteiger partial charge in [0.1, 0.15) is 5.01 Å². The topological polar surface area (TPSA) is 64.1 Å². The van der Waals surface area contributed by atoms with E-state index in [9.17, 15) is 4.79 Å². The van der Waals surface area contributed by atoms with Crippen molar-refractivity contribution in [3.63, 3.8) is 0 Å². The number of carbonyl (C=O) groups is 1. The van der Waals surface area contributed by atoms with Crippen molar-refractivity contribution in [1.82, 2.24) is 9.97 Å². The van der Waals surface area contributed by atoms with Crippen LogP contribution in [0, 0.1) is 6.92 Å². The fraction of sp³-hybridized carbons (Fsp3) is 0.417. The molecule has 0 fully saturated rings. The van der Waals surface area contributed by atoms with E-state index in [1.54, 1.807) is 18.3 Å². The fourth-order valence-electron chi connectivity index (χ4n) is 1.46. The van der Waals surface area contributed by atoms with Crippen LogP contribution in [0.4, 0.5) is 5.13 Å². The van der Waals surface area contributed by atoms with Crippen LogP contribution in [0.1, 0.15) is 23.3 Å². The number of rotatable bonds is 6. The molecule has 1 N–H and O–H groups in total. The van der Waals surface area contributed by atoms with Crippen molar-refractivity contribution in [3.05, 3.63) is 27.2 Å². The lowest BCUT2D eigenvalue weighted by Gasteiger charge is -1.99. The molecule has 0 atom stereocenters. The molecule has 0 aliphatic rings. The van der Waals surface area contributed by atoms with E-state index in [2.05, 4.69) is 15.3 Å². The monoisotopic (exact) mass is 297 g/mol. The second kappa shape index (κ2) is 6.63. The molecule has 0 aliphatic carbocycles. The molecule has 0 saturated carbocycles. The predicted molar refractivity (Wildman–Crippen MR) is 76.6 cm³/mol. The van der Waals surface area contributed by atoms with E-state index in [1.807, 2.05) is 17.7 Å². The Hall–Kier alpha value is -1.47. The number of hydrogen-bond acceptors (Lipinski definition) is 7. The summed E-state index contributed by atoms with van der Waals surface area (Å²) < 4.78 is 4.88. The molecule has 19 heavy (non-hydrogen) atoms. The Labute approximate surface area is 119 Å². The molecule has 2 aromatic rings. The molecule has 0 aromatic carbocycles. The van der Waals surface area contributed by atoms with Crippen LogP contribution in [0.2, 0.25) is 0 Å². The van der Waals surface area contributed by atoms with Gasteiger partial charge in [-0.05, 0) is 13.8 Å². The molecule has 0 radical (unpaired) electrons. The molecular formula is C12H15N3O2S2. The van der Waals surface area contributed by atoms with Crippen molar-refractivity contribution in [1.29, 1.82) is 0 Å². The van der Waals surface area contributed by atoms with Crippen LogP contribution in [0.5, 0.6) is 0 Å². The van der Waals surface area contributed by atoms with Crippen molar-refractivity contribution >= 4 is 33.8 Å². The summed E-state index contributed by atoms with van der Waals surface area (Å²) in [6, 6.07) is 0. The number of ether oxygens (including phenoxy) is 1. The van der Waals surface area contributed by atoms with Gasteiger partial charge < -0.3 is 10.1 Å². The van der Waals surface area contributed by atoms with Crippen LogP contribution in [0.25, 0.3) is 0 Å². The van der Waals surface area contributed by atoms with Gasteiger partial charge in [0.15, 0.2) is 5.13 Å². The number of anilines is 1. The number of nitrogens with zero attached hydrogens (tertiary/aromatic N) is 2. The highest BCUT2D eigenvalue weighted by Crippen LogP contribution is 2.18.